The average molecular weight is 268 g/mol. The summed E-state index contributed by atoms with van der Waals surface area (Å²) in [5, 5.41) is 5.54. The van der Waals surface area contributed by atoms with Crippen LogP contribution >= 0.6 is 0 Å². The van der Waals surface area contributed by atoms with Crippen LogP contribution in [0.25, 0.3) is 10.8 Å². The highest BCUT2D eigenvalue weighted by Crippen LogP contribution is 2.16. The molecule has 0 aliphatic carbocycles. The number of carbonyl (C=O) groups is 2. The van der Waals surface area contributed by atoms with E-state index in [9.17, 15) is 9.59 Å². The zero-order valence-electron chi connectivity index (χ0n) is 11.3. The monoisotopic (exact) mass is 268 g/mol. The largest absolute Gasteiger partial charge is 0.301 e. The number of nitrogens with zero attached hydrogens (tertiary/aromatic N) is 1. The fourth-order valence-corrected chi connectivity index (χ4v) is 2.50. The molecule has 102 valence electrons. The number of rotatable bonds is 3. The Morgan fingerprint density at radius 1 is 1.15 bits per heavy atom. The van der Waals surface area contributed by atoms with Gasteiger partial charge in [0.05, 0.1) is 12.5 Å². The molecule has 1 atom stereocenters. The fourth-order valence-electron chi connectivity index (χ4n) is 2.50. The lowest BCUT2D eigenvalue weighted by atomic mass is 10.1. The van der Waals surface area contributed by atoms with E-state index in [0.717, 1.165) is 5.56 Å². The summed E-state index contributed by atoms with van der Waals surface area (Å²) in [5.41, 5.74) is 1.11. The molecular weight excluding hydrogens is 252 g/mol. The molecular formula is C16H16N2O2. The predicted molar refractivity (Wildman–Crippen MR) is 77.0 cm³/mol. The van der Waals surface area contributed by atoms with Crippen LogP contribution < -0.4 is 5.32 Å². The molecule has 0 radical (unpaired) electrons. The molecule has 4 nitrogen and oxygen atoms in total. The first-order valence-corrected chi connectivity index (χ1v) is 6.66. The number of fused-ring (bicyclic) bond motifs is 1. The van der Waals surface area contributed by atoms with Gasteiger partial charge in [0.1, 0.15) is 0 Å². The number of likely N-dealkylation sites (N-methyl/N-ethyl adjacent to an activating group) is 1. The molecule has 1 aliphatic rings. The van der Waals surface area contributed by atoms with Gasteiger partial charge < -0.3 is 5.32 Å². The number of carbonyl (C=O) groups excluding carboxylic acids is 2. The topological polar surface area (TPSA) is 49.4 Å². The molecule has 1 aliphatic heterocycles. The third-order valence-electron chi connectivity index (χ3n) is 3.75. The van der Waals surface area contributed by atoms with Crippen molar-refractivity contribution in [2.45, 2.75) is 19.0 Å². The molecule has 1 unspecified atom stereocenters. The lowest BCUT2D eigenvalue weighted by Crippen LogP contribution is -2.36. The van der Waals surface area contributed by atoms with Crippen LogP contribution in [0.3, 0.4) is 0 Å². The van der Waals surface area contributed by atoms with E-state index in [-0.39, 0.29) is 24.3 Å². The summed E-state index contributed by atoms with van der Waals surface area (Å²) in [6, 6.07) is 14.0. The molecule has 1 N–H and O–H groups in total. The minimum absolute atomic E-state index is 0.119. The molecule has 0 saturated carbocycles. The first-order valence-electron chi connectivity index (χ1n) is 6.66. The van der Waals surface area contributed by atoms with E-state index in [1.165, 1.54) is 22.7 Å². The maximum atomic E-state index is 11.8. The third kappa shape index (κ3) is 2.30. The summed E-state index contributed by atoms with van der Waals surface area (Å²) >= 11 is 0. The molecule has 0 spiro atoms. The van der Waals surface area contributed by atoms with E-state index in [0.29, 0.717) is 6.54 Å². The van der Waals surface area contributed by atoms with Gasteiger partial charge >= 0.3 is 0 Å². The summed E-state index contributed by atoms with van der Waals surface area (Å²) in [7, 11) is 1.53. The van der Waals surface area contributed by atoms with Gasteiger partial charge in [-0.15, -0.1) is 0 Å². The van der Waals surface area contributed by atoms with Gasteiger partial charge in [0.15, 0.2) is 0 Å². The van der Waals surface area contributed by atoms with Crippen LogP contribution in [-0.2, 0) is 16.1 Å². The second-order valence-corrected chi connectivity index (χ2v) is 5.11. The van der Waals surface area contributed by atoms with Crippen LogP contribution in [0.5, 0.6) is 0 Å². The molecule has 2 aromatic carbocycles. The molecule has 1 fully saturated rings. The summed E-state index contributed by atoms with van der Waals surface area (Å²) in [6.45, 7) is 0.586. The van der Waals surface area contributed by atoms with Crippen molar-refractivity contribution in [1.82, 2.24) is 10.2 Å². The van der Waals surface area contributed by atoms with Crippen LogP contribution in [0.4, 0.5) is 0 Å². The summed E-state index contributed by atoms with van der Waals surface area (Å²) in [6.07, 6.45) is 0.253. The summed E-state index contributed by atoms with van der Waals surface area (Å²) in [4.78, 5) is 24.4. The number of imide groups is 1. The highest BCUT2D eigenvalue weighted by molar-refractivity contribution is 6.05. The van der Waals surface area contributed by atoms with Crippen molar-refractivity contribution in [3.8, 4) is 0 Å². The smallest absolute Gasteiger partial charge is 0.246 e. The van der Waals surface area contributed by atoms with Gasteiger partial charge in [-0.3, -0.25) is 14.5 Å². The van der Waals surface area contributed by atoms with Gasteiger partial charge in [-0.2, -0.15) is 0 Å². The van der Waals surface area contributed by atoms with Crippen LogP contribution in [0.2, 0.25) is 0 Å². The molecule has 0 aromatic heterocycles. The van der Waals surface area contributed by atoms with Crippen molar-refractivity contribution in [1.29, 1.82) is 0 Å². The van der Waals surface area contributed by atoms with E-state index < -0.39 is 0 Å². The van der Waals surface area contributed by atoms with E-state index >= 15 is 0 Å². The normalized spacial score (nSPS) is 19.1. The minimum atomic E-state index is -0.390. The second-order valence-electron chi connectivity index (χ2n) is 5.11. The summed E-state index contributed by atoms with van der Waals surface area (Å²) < 4.78 is 0. The highest BCUT2D eigenvalue weighted by Gasteiger charge is 2.35. The van der Waals surface area contributed by atoms with E-state index in [1.54, 1.807) is 0 Å². The highest BCUT2D eigenvalue weighted by atomic mass is 16.2. The Morgan fingerprint density at radius 3 is 2.60 bits per heavy atom. The van der Waals surface area contributed by atoms with Gasteiger partial charge in [0, 0.05) is 13.6 Å². The Labute approximate surface area is 117 Å². The molecule has 0 bridgehead atoms. The molecule has 1 heterocycles. The molecule has 20 heavy (non-hydrogen) atoms. The van der Waals surface area contributed by atoms with Crippen molar-refractivity contribution in [3.63, 3.8) is 0 Å². The molecule has 2 amide bonds. The zero-order chi connectivity index (χ0) is 14.1. The number of likely N-dealkylation sites (tertiary alicyclic amines) is 1. The van der Waals surface area contributed by atoms with Crippen molar-refractivity contribution in [2.24, 2.45) is 0 Å². The van der Waals surface area contributed by atoms with Gasteiger partial charge in [0.2, 0.25) is 11.8 Å². The van der Waals surface area contributed by atoms with Crippen molar-refractivity contribution in [3.05, 3.63) is 48.0 Å². The number of nitrogens with one attached hydrogen (secondary N) is 1. The van der Waals surface area contributed by atoms with Gasteiger partial charge in [0.25, 0.3) is 0 Å². The number of amides is 2. The Balaban J connectivity index is 1.71. The minimum Gasteiger partial charge on any atom is -0.301 e. The average Bonchev–Trinajstić information content (AvgIpc) is 2.72. The lowest BCUT2D eigenvalue weighted by molar-refractivity contribution is -0.137. The number of hydrogen-bond donors (Lipinski definition) is 1. The van der Waals surface area contributed by atoms with E-state index in [2.05, 4.69) is 29.6 Å². The Morgan fingerprint density at radius 2 is 1.90 bits per heavy atom. The molecule has 3 rings (SSSR count). The molecule has 1 saturated heterocycles. The lowest BCUT2D eigenvalue weighted by Gasteiger charge is -2.11. The fraction of sp³-hybridized carbons (Fsp3) is 0.250. The van der Waals surface area contributed by atoms with E-state index in [1.807, 2.05) is 18.2 Å². The van der Waals surface area contributed by atoms with Gasteiger partial charge in [-0.05, 0) is 22.4 Å². The standard InChI is InChI=1S/C16H16N2O2/c1-18-15(19)9-14(16(18)20)17-10-11-6-7-12-4-2-3-5-13(12)8-11/h2-8,14,17H,9-10H2,1H3. The maximum Gasteiger partial charge on any atom is 0.246 e. The zero-order valence-corrected chi connectivity index (χ0v) is 11.3. The SMILES string of the molecule is CN1C(=O)CC(NCc2ccc3ccccc3c2)C1=O. The Kier molecular flexibility index (Phi) is 3.24. The number of benzene rings is 2. The van der Waals surface area contributed by atoms with Crippen LogP contribution in [-0.4, -0.2) is 29.8 Å². The van der Waals surface area contributed by atoms with Crippen molar-refractivity contribution >= 4 is 22.6 Å². The van der Waals surface area contributed by atoms with Gasteiger partial charge in [-0.1, -0.05) is 36.4 Å². The predicted octanol–water partition coefficient (Wildman–Crippen LogP) is 1.69. The molecule has 2 aromatic rings. The number of hydrogen-bond acceptors (Lipinski definition) is 3. The van der Waals surface area contributed by atoms with Gasteiger partial charge in [-0.25, -0.2) is 0 Å². The quantitative estimate of drug-likeness (QED) is 0.862. The first kappa shape index (κ1) is 12.8. The van der Waals surface area contributed by atoms with E-state index in [4.69, 9.17) is 0 Å². The Bertz CT molecular complexity index is 681. The van der Waals surface area contributed by atoms with Crippen molar-refractivity contribution in [2.75, 3.05) is 7.05 Å². The van der Waals surface area contributed by atoms with Crippen LogP contribution in [0.15, 0.2) is 42.5 Å². The third-order valence-corrected chi connectivity index (χ3v) is 3.75. The summed E-state index contributed by atoms with van der Waals surface area (Å²) in [5.74, 6) is -0.262. The second kappa shape index (κ2) is 5.06. The van der Waals surface area contributed by atoms with Crippen LogP contribution in [0, 0.1) is 0 Å². The first-order chi connectivity index (χ1) is 9.65. The maximum absolute atomic E-state index is 11.8. The van der Waals surface area contributed by atoms with Crippen LogP contribution in [0.1, 0.15) is 12.0 Å². The molecule has 4 heteroatoms. The van der Waals surface area contributed by atoms with Crippen molar-refractivity contribution < 1.29 is 9.59 Å². The Hall–Kier alpha value is -2.20.